The molecule has 0 saturated carbocycles. The number of carbonyl (C=O) groups is 2. The maximum absolute atomic E-state index is 11.9. The Kier molecular flexibility index (Phi) is 4.89. The van der Waals surface area contributed by atoms with Crippen molar-refractivity contribution < 1.29 is 24.2 Å². The van der Waals surface area contributed by atoms with Crippen molar-refractivity contribution in [1.29, 1.82) is 0 Å². The summed E-state index contributed by atoms with van der Waals surface area (Å²) in [5.41, 5.74) is 0.669. The Morgan fingerprint density at radius 1 is 1.08 bits per heavy atom. The molecule has 130 valence electrons. The van der Waals surface area contributed by atoms with Crippen molar-refractivity contribution in [2.45, 2.75) is 19.4 Å². The third kappa shape index (κ3) is 3.46. The maximum Gasteiger partial charge on any atom is 0.325 e. The number of nitrogens with zero attached hydrogens (tertiary/aromatic N) is 2. The van der Waals surface area contributed by atoms with E-state index in [1.54, 1.807) is 30.0 Å². The van der Waals surface area contributed by atoms with E-state index in [1.807, 2.05) is 4.90 Å². The van der Waals surface area contributed by atoms with E-state index in [1.165, 1.54) is 0 Å². The van der Waals surface area contributed by atoms with Crippen LogP contribution in [0.1, 0.15) is 24.9 Å². The predicted molar refractivity (Wildman–Crippen MR) is 86.3 cm³/mol. The number of hydrogen-bond donors (Lipinski definition) is 1. The third-order valence-corrected chi connectivity index (χ3v) is 4.46. The molecule has 0 radical (unpaired) electrons. The monoisotopic (exact) mass is 334 g/mol. The summed E-state index contributed by atoms with van der Waals surface area (Å²) in [5.74, 6) is 0.365. The van der Waals surface area contributed by atoms with Gasteiger partial charge in [-0.1, -0.05) is 6.07 Å². The normalized spacial score (nSPS) is 19.5. The lowest BCUT2D eigenvalue weighted by Gasteiger charge is -2.28. The number of fused-ring (bicyclic) bond motifs is 1. The van der Waals surface area contributed by atoms with E-state index in [0.717, 1.165) is 6.42 Å². The summed E-state index contributed by atoms with van der Waals surface area (Å²) in [6, 6.07) is 4.54. The molecule has 2 heterocycles. The predicted octanol–water partition coefficient (Wildman–Crippen LogP) is 1.14. The Bertz CT molecular complexity index is 633. The zero-order valence-electron chi connectivity index (χ0n) is 13.7. The third-order valence-electron chi connectivity index (χ3n) is 4.46. The molecule has 0 aromatic heterocycles. The number of aliphatic carboxylic acids is 1. The first-order valence-electron chi connectivity index (χ1n) is 8.18. The Morgan fingerprint density at radius 2 is 1.83 bits per heavy atom. The number of carbonyl (C=O) groups excluding carboxylic acids is 1. The fraction of sp³-hybridized carbons (Fsp3) is 0.529. The maximum atomic E-state index is 11.9. The number of carboxylic acid groups (broad SMARTS) is 1. The molecule has 1 N–H and O–H groups in total. The zero-order chi connectivity index (χ0) is 17.1. The second-order valence-electron chi connectivity index (χ2n) is 6.04. The summed E-state index contributed by atoms with van der Waals surface area (Å²) in [5, 5.41) is 9.76. The molecule has 1 aromatic rings. The van der Waals surface area contributed by atoms with E-state index in [0.29, 0.717) is 56.5 Å². The molecule has 1 fully saturated rings. The van der Waals surface area contributed by atoms with Gasteiger partial charge in [-0.3, -0.25) is 14.5 Å². The van der Waals surface area contributed by atoms with Gasteiger partial charge in [0.1, 0.15) is 19.3 Å². The number of amides is 1. The van der Waals surface area contributed by atoms with Gasteiger partial charge in [0.05, 0.1) is 0 Å². The van der Waals surface area contributed by atoms with Gasteiger partial charge in [0.15, 0.2) is 11.5 Å². The van der Waals surface area contributed by atoms with Crippen molar-refractivity contribution >= 4 is 11.9 Å². The van der Waals surface area contributed by atoms with Gasteiger partial charge in [-0.15, -0.1) is 0 Å². The largest absolute Gasteiger partial charge is 0.486 e. The van der Waals surface area contributed by atoms with Crippen molar-refractivity contribution in [3.8, 4) is 11.5 Å². The van der Waals surface area contributed by atoms with Crippen LogP contribution >= 0.6 is 0 Å². The minimum atomic E-state index is -0.900. The van der Waals surface area contributed by atoms with E-state index in [4.69, 9.17) is 9.47 Å². The number of ether oxygens (including phenoxy) is 2. The number of hydrogen-bond acceptors (Lipinski definition) is 5. The molecular weight excluding hydrogens is 312 g/mol. The molecule has 2 aliphatic rings. The summed E-state index contributed by atoms with van der Waals surface area (Å²) < 4.78 is 11.1. The molecule has 7 heteroatoms. The van der Waals surface area contributed by atoms with Gasteiger partial charge < -0.3 is 19.5 Å². The lowest BCUT2D eigenvalue weighted by atomic mass is 10.0. The van der Waals surface area contributed by atoms with E-state index in [-0.39, 0.29) is 5.91 Å². The lowest BCUT2D eigenvalue weighted by molar-refractivity contribution is -0.143. The number of rotatable bonds is 3. The SMILES string of the molecule is CC(=O)N1CCCN(C(C(=O)O)c2ccc3c(c2)OCCO3)CC1. The average molecular weight is 334 g/mol. The van der Waals surface area contributed by atoms with E-state index >= 15 is 0 Å². The molecule has 0 bridgehead atoms. The highest BCUT2D eigenvalue weighted by atomic mass is 16.6. The van der Waals surface area contributed by atoms with Crippen molar-refractivity contribution in [3.05, 3.63) is 23.8 Å². The van der Waals surface area contributed by atoms with Crippen LogP contribution in [-0.4, -0.2) is 66.2 Å². The summed E-state index contributed by atoms with van der Waals surface area (Å²) in [6.45, 7) is 4.89. The minimum absolute atomic E-state index is 0.0306. The number of carboxylic acids is 1. The van der Waals surface area contributed by atoms with Gasteiger partial charge in [0.2, 0.25) is 5.91 Å². The Hall–Kier alpha value is -2.28. The molecule has 1 atom stereocenters. The van der Waals surface area contributed by atoms with E-state index in [2.05, 4.69) is 0 Å². The fourth-order valence-electron chi connectivity index (χ4n) is 3.25. The van der Waals surface area contributed by atoms with Crippen LogP contribution in [0, 0.1) is 0 Å². The second kappa shape index (κ2) is 7.09. The molecule has 3 rings (SSSR count). The smallest absolute Gasteiger partial charge is 0.325 e. The summed E-state index contributed by atoms with van der Waals surface area (Å²) in [4.78, 5) is 27.1. The van der Waals surface area contributed by atoms with Crippen molar-refractivity contribution in [3.63, 3.8) is 0 Å². The standard InChI is InChI=1S/C17H22N2O5/c1-12(20)18-5-2-6-19(8-7-18)16(17(21)22)13-3-4-14-15(11-13)24-10-9-23-14/h3-4,11,16H,2,5-10H2,1H3,(H,21,22). The van der Waals surface area contributed by atoms with Crippen LogP contribution < -0.4 is 9.47 Å². The summed E-state index contributed by atoms with van der Waals surface area (Å²) in [7, 11) is 0. The first kappa shape index (κ1) is 16.6. The Morgan fingerprint density at radius 3 is 2.54 bits per heavy atom. The first-order valence-corrected chi connectivity index (χ1v) is 8.18. The highest BCUT2D eigenvalue weighted by Crippen LogP contribution is 2.34. The zero-order valence-corrected chi connectivity index (χ0v) is 13.7. The van der Waals surface area contributed by atoms with Crippen LogP contribution in [0.25, 0.3) is 0 Å². The molecule has 2 aliphatic heterocycles. The fourth-order valence-corrected chi connectivity index (χ4v) is 3.25. The van der Waals surface area contributed by atoms with Crippen LogP contribution in [0.15, 0.2) is 18.2 Å². The van der Waals surface area contributed by atoms with Crippen LogP contribution in [0.5, 0.6) is 11.5 Å². The molecular formula is C17H22N2O5. The second-order valence-corrected chi connectivity index (χ2v) is 6.04. The molecule has 0 aliphatic carbocycles. The quantitative estimate of drug-likeness (QED) is 0.893. The van der Waals surface area contributed by atoms with Crippen molar-refractivity contribution in [2.24, 2.45) is 0 Å². The minimum Gasteiger partial charge on any atom is -0.486 e. The van der Waals surface area contributed by atoms with Gasteiger partial charge in [-0.2, -0.15) is 0 Å². The van der Waals surface area contributed by atoms with Gasteiger partial charge in [-0.05, 0) is 24.1 Å². The molecule has 24 heavy (non-hydrogen) atoms. The lowest BCUT2D eigenvalue weighted by Crippen LogP contribution is -2.38. The summed E-state index contributed by atoms with van der Waals surface area (Å²) >= 11 is 0. The van der Waals surface area contributed by atoms with Gasteiger partial charge >= 0.3 is 5.97 Å². The molecule has 1 unspecified atom stereocenters. The molecule has 1 saturated heterocycles. The van der Waals surface area contributed by atoms with Crippen LogP contribution in [0.2, 0.25) is 0 Å². The number of benzene rings is 1. The highest BCUT2D eigenvalue weighted by Gasteiger charge is 2.30. The van der Waals surface area contributed by atoms with Crippen molar-refractivity contribution in [2.75, 3.05) is 39.4 Å². The molecule has 0 spiro atoms. The summed E-state index contributed by atoms with van der Waals surface area (Å²) in [6.07, 6.45) is 0.758. The van der Waals surface area contributed by atoms with E-state index < -0.39 is 12.0 Å². The van der Waals surface area contributed by atoms with Crippen LogP contribution in [-0.2, 0) is 9.59 Å². The Balaban J connectivity index is 1.82. The topological polar surface area (TPSA) is 79.3 Å². The molecule has 1 amide bonds. The van der Waals surface area contributed by atoms with Gasteiger partial charge in [0.25, 0.3) is 0 Å². The van der Waals surface area contributed by atoms with Crippen LogP contribution in [0.3, 0.4) is 0 Å². The molecule has 7 nitrogen and oxygen atoms in total. The molecule has 1 aromatic carbocycles. The van der Waals surface area contributed by atoms with E-state index in [9.17, 15) is 14.7 Å². The average Bonchev–Trinajstić information content (AvgIpc) is 2.81. The van der Waals surface area contributed by atoms with Crippen LogP contribution in [0.4, 0.5) is 0 Å². The van der Waals surface area contributed by atoms with Gasteiger partial charge in [0, 0.05) is 33.1 Å². The highest BCUT2D eigenvalue weighted by molar-refractivity contribution is 5.76. The van der Waals surface area contributed by atoms with Crippen molar-refractivity contribution in [1.82, 2.24) is 9.80 Å². The first-order chi connectivity index (χ1) is 11.6. The van der Waals surface area contributed by atoms with Gasteiger partial charge in [-0.25, -0.2) is 0 Å². The Labute approximate surface area is 140 Å².